The molecule has 0 aliphatic heterocycles. The van der Waals surface area contributed by atoms with Gasteiger partial charge in [-0.15, -0.1) is 10.2 Å². The predicted octanol–water partition coefficient (Wildman–Crippen LogP) is 6.16. The standard InChI is InChI=1S/C25H22ClN3O3/c1-3-21(23(30)27-18-14-13-16(2)20(26)15-18)31-22-12-8-7-11-19(22)25-29-28-24(32-25)17-9-5-4-6-10-17/h4-15,21H,3H2,1-2H3,(H,27,30). The van der Waals surface area contributed by atoms with Crippen LogP contribution in [-0.2, 0) is 4.79 Å². The first-order valence-electron chi connectivity index (χ1n) is 10.3. The predicted molar refractivity (Wildman–Crippen MR) is 125 cm³/mol. The highest BCUT2D eigenvalue weighted by Crippen LogP contribution is 2.32. The Balaban J connectivity index is 1.54. The molecule has 0 fully saturated rings. The van der Waals surface area contributed by atoms with E-state index in [0.29, 0.717) is 40.2 Å². The van der Waals surface area contributed by atoms with Gasteiger partial charge in [-0.2, -0.15) is 0 Å². The van der Waals surface area contributed by atoms with Crippen molar-refractivity contribution in [3.63, 3.8) is 0 Å². The first-order chi connectivity index (χ1) is 15.5. The monoisotopic (exact) mass is 447 g/mol. The molecule has 1 unspecified atom stereocenters. The maximum absolute atomic E-state index is 12.9. The summed E-state index contributed by atoms with van der Waals surface area (Å²) in [5, 5.41) is 11.8. The highest BCUT2D eigenvalue weighted by Gasteiger charge is 2.22. The van der Waals surface area contributed by atoms with Gasteiger partial charge in [0.05, 0.1) is 5.56 Å². The number of hydrogen-bond donors (Lipinski definition) is 1. The zero-order valence-electron chi connectivity index (χ0n) is 17.7. The summed E-state index contributed by atoms with van der Waals surface area (Å²) in [7, 11) is 0. The Labute approximate surface area is 191 Å². The van der Waals surface area contributed by atoms with Gasteiger partial charge in [0.2, 0.25) is 5.89 Å². The van der Waals surface area contributed by atoms with Gasteiger partial charge in [0.25, 0.3) is 11.8 Å². The number of benzene rings is 3. The van der Waals surface area contributed by atoms with Crippen molar-refractivity contribution in [1.82, 2.24) is 10.2 Å². The van der Waals surface area contributed by atoms with Crippen LogP contribution >= 0.6 is 11.6 Å². The molecule has 4 aromatic rings. The molecule has 0 saturated carbocycles. The SMILES string of the molecule is CCC(Oc1ccccc1-c1nnc(-c2ccccc2)o1)C(=O)Nc1ccc(C)c(Cl)c1. The molecule has 3 aromatic carbocycles. The van der Waals surface area contributed by atoms with Crippen molar-refractivity contribution in [2.45, 2.75) is 26.4 Å². The van der Waals surface area contributed by atoms with Gasteiger partial charge in [0, 0.05) is 16.3 Å². The van der Waals surface area contributed by atoms with E-state index in [2.05, 4.69) is 15.5 Å². The number of aryl methyl sites for hydroxylation is 1. The summed E-state index contributed by atoms with van der Waals surface area (Å²) in [6.45, 7) is 3.79. The van der Waals surface area contributed by atoms with Gasteiger partial charge in [-0.05, 0) is 55.3 Å². The van der Waals surface area contributed by atoms with Gasteiger partial charge in [-0.3, -0.25) is 4.79 Å². The van der Waals surface area contributed by atoms with Crippen LogP contribution in [0.25, 0.3) is 22.9 Å². The Morgan fingerprint density at radius 1 is 1.03 bits per heavy atom. The van der Waals surface area contributed by atoms with E-state index in [0.717, 1.165) is 11.1 Å². The first kappa shape index (κ1) is 21.6. The molecule has 1 aromatic heterocycles. The lowest BCUT2D eigenvalue weighted by molar-refractivity contribution is -0.122. The fourth-order valence-electron chi connectivity index (χ4n) is 3.14. The summed E-state index contributed by atoms with van der Waals surface area (Å²) in [5.74, 6) is 0.953. The molecular formula is C25H22ClN3O3. The fourth-order valence-corrected chi connectivity index (χ4v) is 3.32. The van der Waals surface area contributed by atoms with Gasteiger partial charge in [-0.25, -0.2) is 0 Å². The molecule has 0 saturated heterocycles. The largest absolute Gasteiger partial charge is 0.480 e. The van der Waals surface area contributed by atoms with Crippen molar-refractivity contribution in [2.75, 3.05) is 5.32 Å². The van der Waals surface area contributed by atoms with Crippen LogP contribution in [0.2, 0.25) is 5.02 Å². The Kier molecular flexibility index (Phi) is 6.52. The van der Waals surface area contributed by atoms with Crippen molar-refractivity contribution < 1.29 is 13.9 Å². The third kappa shape index (κ3) is 4.81. The number of halogens is 1. The van der Waals surface area contributed by atoms with Crippen LogP contribution in [0.3, 0.4) is 0 Å². The van der Waals surface area contributed by atoms with E-state index < -0.39 is 6.10 Å². The van der Waals surface area contributed by atoms with E-state index in [1.807, 2.05) is 74.5 Å². The van der Waals surface area contributed by atoms with Gasteiger partial charge in [0.15, 0.2) is 6.10 Å². The summed E-state index contributed by atoms with van der Waals surface area (Å²) in [5.41, 5.74) is 3.00. The summed E-state index contributed by atoms with van der Waals surface area (Å²) in [6, 6.07) is 22.2. The number of nitrogens with zero attached hydrogens (tertiary/aromatic N) is 2. The quantitative estimate of drug-likeness (QED) is 0.367. The number of carbonyl (C=O) groups is 1. The number of aromatic nitrogens is 2. The molecule has 0 radical (unpaired) electrons. The van der Waals surface area contributed by atoms with E-state index in [1.165, 1.54) is 0 Å². The minimum atomic E-state index is -0.715. The fraction of sp³-hybridized carbons (Fsp3) is 0.160. The van der Waals surface area contributed by atoms with Crippen LogP contribution in [0.4, 0.5) is 5.69 Å². The molecule has 1 atom stereocenters. The average molecular weight is 448 g/mol. The summed E-state index contributed by atoms with van der Waals surface area (Å²) in [4.78, 5) is 12.9. The zero-order chi connectivity index (χ0) is 22.5. The van der Waals surface area contributed by atoms with Gasteiger partial charge < -0.3 is 14.5 Å². The average Bonchev–Trinajstić information content (AvgIpc) is 3.31. The number of nitrogens with one attached hydrogen (secondary N) is 1. The maximum Gasteiger partial charge on any atom is 0.265 e. The third-order valence-electron chi connectivity index (χ3n) is 4.94. The van der Waals surface area contributed by atoms with Crippen molar-refractivity contribution in [1.29, 1.82) is 0 Å². The Hall–Kier alpha value is -3.64. The lowest BCUT2D eigenvalue weighted by atomic mass is 10.1. The molecule has 1 heterocycles. The smallest absolute Gasteiger partial charge is 0.265 e. The van der Waals surface area contributed by atoms with Crippen molar-refractivity contribution in [3.8, 4) is 28.7 Å². The zero-order valence-corrected chi connectivity index (χ0v) is 18.5. The number of para-hydroxylation sites is 1. The number of rotatable bonds is 7. The lowest BCUT2D eigenvalue weighted by Gasteiger charge is -2.19. The summed E-state index contributed by atoms with van der Waals surface area (Å²) in [6.07, 6.45) is -0.244. The molecule has 0 aliphatic carbocycles. The molecule has 0 aliphatic rings. The van der Waals surface area contributed by atoms with Crippen LogP contribution in [0, 0.1) is 6.92 Å². The second-order valence-corrected chi connectivity index (χ2v) is 7.65. The van der Waals surface area contributed by atoms with Crippen LogP contribution in [0.1, 0.15) is 18.9 Å². The number of ether oxygens (including phenoxy) is 1. The van der Waals surface area contributed by atoms with E-state index in [9.17, 15) is 4.79 Å². The van der Waals surface area contributed by atoms with Gasteiger partial charge >= 0.3 is 0 Å². The molecule has 0 spiro atoms. The number of carbonyl (C=O) groups excluding carboxylic acids is 1. The van der Waals surface area contributed by atoms with E-state index in [-0.39, 0.29) is 5.91 Å². The summed E-state index contributed by atoms with van der Waals surface area (Å²) >= 11 is 6.17. The third-order valence-corrected chi connectivity index (χ3v) is 5.34. The van der Waals surface area contributed by atoms with Crippen LogP contribution < -0.4 is 10.1 Å². The van der Waals surface area contributed by atoms with Crippen molar-refractivity contribution in [2.24, 2.45) is 0 Å². The Morgan fingerprint density at radius 2 is 1.75 bits per heavy atom. The van der Waals surface area contributed by atoms with Crippen LogP contribution in [0.15, 0.2) is 77.2 Å². The molecule has 1 N–H and O–H groups in total. The topological polar surface area (TPSA) is 77.2 Å². The van der Waals surface area contributed by atoms with Gasteiger partial charge in [0.1, 0.15) is 5.75 Å². The Morgan fingerprint density at radius 3 is 2.50 bits per heavy atom. The highest BCUT2D eigenvalue weighted by atomic mass is 35.5. The minimum absolute atomic E-state index is 0.266. The first-order valence-corrected chi connectivity index (χ1v) is 10.6. The maximum atomic E-state index is 12.9. The van der Waals surface area contributed by atoms with E-state index >= 15 is 0 Å². The number of amides is 1. The van der Waals surface area contributed by atoms with Gasteiger partial charge in [-0.1, -0.05) is 54.9 Å². The van der Waals surface area contributed by atoms with E-state index in [4.69, 9.17) is 20.8 Å². The minimum Gasteiger partial charge on any atom is -0.480 e. The van der Waals surface area contributed by atoms with Crippen LogP contribution in [0.5, 0.6) is 5.75 Å². The number of anilines is 1. The van der Waals surface area contributed by atoms with Crippen molar-refractivity contribution >= 4 is 23.2 Å². The Bertz CT molecular complexity index is 1220. The molecular weight excluding hydrogens is 426 g/mol. The normalized spacial score (nSPS) is 11.7. The van der Waals surface area contributed by atoms with E-state index in [1.54, 1.807) is 12.1 Å². The molecule has 7 heteroatoms. The molecule has 0 bridgehead atoms. The van der Waals surface area contributed by atoms with Crippen LogP contribution in [-0.4, -0.2) is 22.2 Å². The van der Waals surface area contributed by atoms with Crippen molar-refractivity contribution in [3.05, 3.63) is 83.4 Å². The lowest BCUT2D eigenvalue weighted by Crippen LogP contribution is -2.32. The molecule has 6 nitrogen and oxygen atoms in total. The molecule has 32 heavy (non-hydrogen) atoms. The highest BCUT2D eigenvalue weighted by molar-refractivity contribution is 6.31. The molecule has 1 amide bonds. The number of hydrogen-bond acceptors (Lipinski definition) is 5. The summed E-state index contributed by atoms with van der Waals surface area (Å²) < 4.78 is 12.0. The molecule has 4 rings (SSSR count). The second-order valence-electron chi connectivity index (χ2n) is 7.24. The molecule has 162 valence electrons. The second kappa shape index (κ2) is 9.66.